The lowest BCUT2D eigenvalue weighted by Crippen LogP contribution is -2.10. The highest BCUT2D eigenvalue weighted by molar-refractivity contribution is 6.17. The quantitative estimate of drug-likeness (QED) is 0.103. The minimum Gasteiger partial charge on any atom is -0.308 e. The normalized spacial score (nSPS) is 11.9. The van der Waals surface area contributed by atoms with Crippen LogP contribution in [0.15, 0.2) is 358 Å². The summed E-state index contributed by atoms with van der Waals surface area (Å²) in [4.78, 5) is 19.1. The fraction of sp³-hybridized carbons (Fsp3) is 0.120. The van der Waals surface area contributed by atoms with Crippen LogP contribution >= 0.6 is 0 Å². The van der Waals surface area contributed by atoms with Crippen molar-refractivity contribution in [1.29, 1.82) is 0 Å². The van der Waals surface area contributed by atoms with E-state index in [9.17, 15) is 0 Å². The van der Waals surface area contributed by atoms with Gasteiger partial charge in [0.25, 0.3) is 0 Å². The first-order chi connectivity index (χ1) is 67.9. The first-order valence-electron chi connectivity index (χ1n) is 49.0. The van der Waals surface area contributed by atoms with Gasteiger partial charge in [0, 0.05) is 48.7 Å². The fourth-order valence-corrected chi connectivity index (χ4v) is 23.1. The average Bonchev–Trinajstić information content (AvgIpc) is 1.55. The van der Waals surface area contributed by atoms with Gasteiger partial charge in [0.05, 0.1) is 78.0 Å². The van der Waals surface area contributed by atoms with Gasteiger partial charge in [-0.3, -0.25) is 0 Å². The minimum atomic E-state index is 0.477. The standard InChI is InChI=1S/C133H107N7/c1-76-28-44-101(84(9)60-76)93-36-52-109-110-53-37-94(102-45-29-77(2)61-85(102)10)69-122(110)137(121(109)68-93)117-24-20-25-118(138-123-70-95(103-46-30-78(3)62-86(103)11)38-54-111(123)112-55-39-96(71-124(112)138)104-47-31-79(4)63-87(104)12)129(117)132-134-131(92-22-18-17-19-23-92)135-133(136-132)130-119(139-125-72-97(105-48-32-80(5)64-88(105)13)40-56-113(125)114-57-41-98(73-126(114)139)106-49-33-81(6)65-89(106)14)26-21-27-120(130)140-127-74-99(107-50-34-82(7)66-90(107)15)42-58-115(127)116-59-43-100(75-128(116)140)108-51-35-83(8)67-91(108)16/h17-75H,1-16H3. The Morgan fingerprint density at radius 1 is 0.143 bits per heavy atom. The van der Waals surface area contributed by atoms with Crippen molar-refractivity contribution in [3.05, 3.63) is 447 Å². The number of hydrogen-bond donors (Lipinski definition) is 0. The van der Waals surface area contributed by atoms with Crippen molar-refractivity contribution in [1.82, 2.24) is 33.2 Å². The molecule has 7 nitrogen and oxygen atoms in total. The van der Waals surface area contributed by atoms with Gasteiger partial charge in [0.1, 0.15) is 0 Å². The summed E-state index contributed by atoms with van der Waals surface area (Å²) >= 11 is 0. The molecule has 0 atom stereocenters. The largest absolute Gasteiger partial charge is 0.308 e. The molecule has 7 heteroatoms. The second kappa shape index (κ2) is 33.7. The maximum Gasteiger partial charge on any atom is 0.168 e. The van der Waals surface area contributed by atoms with E-state index >= 15 is 0 Å². The summed E-state index contributed by atoms with van der Waals surface area (Å²) in [6.45, 7) is 35.5. The van der Waals surface area contributed by atoms with E-state index in [0.29, 0.717) is 17.5 Å². The summed E-state index contributed by atoms with van der Waals surface area (Å²) in [6, 6.07) is 136. The molecular weight excluding hydrogens is 1700 g/mol. The fourth-order valence-electron chi connectivity index (χ4n) is 23.1. The van der Waals surface area contributed by atoms with E-state index in [2.05, 4.69) is 487 Å². The lowest BCUT2D eigenvalue weighted by molar-refractivity contribution is 1.04. The van der Waals surface area contributed by atoms with Crippen molar-refractivity contribution in [2.24, 2.45) is 0 Å². The maximum atomic E-state index is 6.63. The zero-order valence-electron chi connectivity index (χ0n) is 82.2. The van der Waals surface area contributed by atoms with Crippen LogP contribution in [0.5, 0.6) is 0 Å². The Bertz CT molecular complexity index is 7940. The van der Waals surface area contributed by atoms with Crippen molar-refractivity contribution in [3.8, 4) is 146 Å². The van der Waals surface area contributed by atoms with Crippen LogP contribution in [0, 0.1) is 111 Å². The number of fused-ring (bicyclic) bond motifs is 12. The molecule has 0 spiro atoms. The Labute approximate surface area is 818 Å². The maximum absolute atomic E-state index is 6.63. The highest BCUT2D eigenvalue weighted by atomic mass is 15.1. The third kappa shape index (κ3) is 14.6. The SMILES string of the molecule is Cc1ccc(-c2ccc3c4ccc(-c5ccc(C)cc5C)cc4n(-c4cccc(-n5c6cc(-c7ccc(C)cc7C)ccc6c6ccc(-c7ccc(C)cc7C)cc65)c4-c4nc(-c5ccccc5)nc(-c5c(-n6c7cc(-c8ccc(C)cc8C)ccc7c7ccc(-c8ccc(C)cc8C)cc76)cccc5-n5c6cc(-c7ccc(C)cc7C)ccc6c6ccc(-c7ccc(C)cc7C)cc65)n4)c3c2)c(C)c1. The number of aryl methyl sites for hydroxylation is 16. The highest BCUT2D eigenvalue weighted by Gasteiger charge is 2.32. The molecule has 0 N–H and O–H groups in total. The van der Waals surface area contributed by atoms with Gasteiger partial charge in [-0.05, 0) is 317 Å². The van der Waals surface area contributed by atoms with Crippen molar-refractivity contribution in [3.63, 3.8) is 0 Å². The van der Waals surface area contributed by atoms with E-state index in [0.717, 1.165) is 171 Å². The molecule has 24 rings (SSSR count). The van der Waals surface area contributed by atoms with E-state index in [4.69, 9.17) is 15.0 Å². The number of nitrogens with zero attached hydrogens (tertiary/aromatic N) is 7. The summed E-state index contributed by atoms with van der Waals surface area (Å²) in [5.41, 5.74) is 51.9. The van der Waals surface area contributed by atoms with Crippen LogP contribution in [0.3, 0.4) is 0 Å². The zero-order chi connectivity index (χ0) is 95.6. The smallest absolute Gasteiger partial charge is 0.168 e. The van der Waals surface area contributed by atoms with E-state index < -0.39 is 0 Å². The molecule has 0 amide bonds. The van der Waals surface area contributed by atoms with E-state index in [1.54, 1.807) is 0 Å². The number of rotatable bonds is 15. The van der Waals surface area contributed by atoms with Crippen molar-refractivity contribution >= 4 is 87.2 Å². The van der Waals surface area contributed by atoms with Crippen LogP contribution in [0.2, 0.25) is 0 Å². The zero-order valence-corrected chi connectivity index (χ0v) is 82.2. The molecule has 0 aliphatic heterocycles. The molecule has 0 aliphatic rings. The van der Waals surface area contributed by atoms with Gasteiger partial charge in [0.2, 0.25) is 0 Å². The summed E-state index contributed by atoms with van der Waals surface area (Å²) in [6.07, 6.45) is 0. The number of aromatic nitrogens is 7. The monoisotopic (exact) mass is 1800 g/mol. The minimum absolute atomic E-state index is 0.477. The summed E-state index contributed by atoms with van der Waals surface area (Å²) in [5.74, 6) is 1.46. The molecule has 0 unspecified atom stereocenters. The summed E-state index contributed by atoms with van der Waals surface area (Å²) in [7, 11) is 0. The number of benzene rings is 19. The predicted octanol–water partition coefficient (Wildman–Crippen LogP) is 35.5. The predicted molar refractivity (Wildman–Crippen MR) is 593 cm³/mol. The van der Waals surface area contributed by atoms with Crippen LogP contribution in [0.1, 0.15) is 89.0 Å². The summed E-state index contributed by atoms with van der Waals surface area (Å²) < 4.78 is 10.2. The van der Waals surface area contributed by atoms with Gasteiger partial charge in [-0.1, -0.05) is 330 Å². The molecule has 0 saturated heterocycles. The Balaban J connectivity index is 0.902. The van der Waals surface area contributed by atoms with E-state index in [1.807, 2.05) is 0 Å². The average molecular weight is 1800 g/mol. The second-order valence-corrected chi connectivity index (χ2v) is 39.8. The molecule has 0 bridgehead atoms. The third-order valence-electron chi connectivity index (χ3n) is 29.7. The summed E-state index contributed by atoms with van der Waals surface area (Å²) in [5, 5.41) is 8.93. The third-order valence-corrected chi connectivity index (χ3v) is 29.7. The van der Waals surface area contributed by atoms with Crippen molar-refractivity contribution in [2.45, 2.75) is 111 Å². The van der Waals surface area contributed by atoms with E-state index in [1.165, 1.54) is 134 Å². The molecular formula is C133H107N7. The Kier molecular flexibility index (Phi) is 20.8. The van der Waals surface area contributed by atoms with Gasteiger partial charge in [-0.2, -0.15) is 0 Å². The molecule has 0 radical (unpaired) electrons. The lowest BCUT2D eigenvalue weighted by atomic mass is 9.96. The molecule has 674 valence electrons. The van der Waals surface area contributed by atoms with Crippen LogP contribution in [-0.4, -0.2) is 33.2 Å². The Morgan fingerprint density at radius 3 is 0.486 bits per heavy atom. The molecule has 24 aromatic rings. The molecule has 5 heterocycles. The van der Waals surface area contributed by atoms with Crippen LogP contribution in [-0.2, 0) is 0 Å². The van der Waals surface area contributed by atoms with Gasteiger partial charge >= 0.3 is 0 Å². The highest BCUT2D eigenvalue weighted by Crippen LogP contribution is 2.51. The van der Waals surface area contributed by atoms with Crippen molar-refractivity contribution in [2.75, 3.05) is 0 Å². The Morgan fingerprint density at radius 2 is 0.314 bits per heavy atom. The van der Waals surface area contributed by atoms with E-state index in [-0.39, 0.29) is 0 Å². The van der Waals surface area contributed by atoms with Crippen molar-refractivity contribution < 1.29 is 0 Å². The molecule has 0 aliphatic carbocycles. The molecule has 0 saturated carbocycles. The van der Waals surface area contributed by atoms with Gasteiger partial charge in [-0.25, -0.2) is 15.0 Å². The molecule has 140 heavy (non-hydrogen) atoms. The Hall–Kier alpha value is -16.6. The van der Waals surface area contributed by atoms with Crippen LogP contribution < -0.4 is 0 Å². The van der Waals surface area contributed by atoms with Gasteiger partial charge < -0.3 is 18.3 Å². The molecule has 5 aromatic heterocycles. The number of hydrogen-bond acceptors (Lipinski definition) is 3. The molecule has 19 aromatic carbocycles. The van der Waals surface area contributed by atoms with Crippen LogP contribution in [0.25, 0.3) is 233 Å². The lowest BCUT2D eigenvalue weighted by Gasteiger charge is -2.22. The first kappa shape index (κ1) is 86.2. The van der Waals surface area contributed by atoms with Crippen LogP contribution in [0.4, 0.5) is 0 Å². The van der Waals surface area contributed by atoms with Gasteiger partial charge in [-0.15, -0.1) is 0 Å². The first-order valence-corrected chi connectivity index (χ1v) is 49.0. The van der Waals surface area contributed by atoms with Gasteiger partial charge in [0.15, 0.2) is 17.5 Å². The second-order valence-electron chi connectivity index (χ2n) is 39.8. The molecule has 0 fully saturated rings. The topological polar surface area (TPSA) is 58.4 Å².